The van der Waals surface area contributed by atoms with Crippen LogP contribution in [0.15, 0.2) is 18.3 Å². The highest BCUT2D eigenvalue weighted by Crippen LogP contribution is 2.08. The van der Waals surface area contributed by atoms with Gasteiger partial charge in [-0.15, -0.1) is 0 Å². The zero-order valence-electron chi connectivity index (χ0n) is 10.7. The zero-order valence-corrected chi connectivity index (χ0v) is 10.7. The summed E-state index contributed by atoms with van der Waals surface area (Å²) in [5.74, 6) is -0.202. The van der Waals surface area contributed by atoms with Crippen LogP contribution in [0.2, 0.25) is 0 Å². The van der Waals surface area contributed by atoms with Crippen molar-refractivity contribution in [1.82, 2.24) is 10.3 Å². The Morgan fingerprint density at radius 1 is 1.53 bits per heavy atom. The number of pyridine rings is 1. The molecule has 2 N–H and O–H groups in total. The van der Waals surface area contributed by atoms with Gasteiger partial charge in [0.1, 0.15) is 5.69 Å². The summed E-state index contributed by atoms with van der Waals surface area (Å²) in [5, 5.41) is 5.75. The van der Waals surface area contributed by atoms with Crippen molar-refractivity contribution in [2.24, 2.45) is 0 Å². The Bertz CT molecular complexity index is 391. The van der Waals surface area contributed by atoms with Crippen LogP contribution in [0.25, 0.3) is 0 Å². The fourth-order valence-corrected chi connectivity index (χ4v) is 1.17. The molecule has 0 saturated carbocycles. The van der Waals surface area contributed by atoms with Gasteiger partial charge in [-0.3, -0.25) is 9.78 Å². The first-order valence-corrected chi connectivity index (χ1v) is 5.45. The first kappa shape index (κ1) is 13.4. The Hall–Kier alpha value is -1.62. The van der Waals surface area contributed by atoms with E-state index < -0.39 is 0 Å². The van der Waals surface area contributed by atoms with Crippen LogP contribution in [0.5, 0.6) is 0 Å². The molecule has 1 aromatic rings. The second-order valence-electron chi connectivity index (χ2n) is 4.33. The molecule has 0 saturated heterocycles. The van der Waals surface area contributed by atoms with Gasteiger partial charge in [-0.1, -0.05) is 0 Å². The molecular weight excluding hydrogens is 218 g/mol. The Kier molecular flexibility index (Phi) is 4.45. The van der Waals surface area contributed by atoms with Crippen LogP contribution in [-0.4, -0.2) is 37.2 Å². The number of methoxy groups -OCH3 is 1. The summed E-state index contributed by atoms with van der Waals surface area (Å²) in [6, 6.07) is 3.50. The normalized spacial score (nSPS) is 11.1. The summed E-state index contributed by atoms with van der Waals surface area (Å²) >= 11 is 0. The van der Waals surface area contributed by atoms with Gasteiger partial charge >= 0.3 is 0 Å². The van der Waals surface area contributed by atoms with Crippen molar-refractivity contribution in [3.8, 4) is 0 Å². The number of amides is 1. The van der Waals surface area contributed by atoms with E-state index >= 15 is 0 Å². The molecule has 0 aliphatic heterocycles. The molecule has 17 heavy (non-hydrogen) atoms. The fourth-order valence-electron chi connectivity index (χ4n) is 1.17. The number of anilines is 1. The maximum atomic E-state index is 11.8. The largest absolute Gasteiger partial charge is 0.388 e. The monoisotopic (exact) mass is 237 g/mol. The molecule has 0 bridgehead atoms. The van der Waals surface area contributed by atoms with Gasteiger partial charge in [0, 0.05) is 32.6 Å². The van der Waals surface area contributed by atoms with Crippen molar-refractivity contribution >= 4 is 11.6 Å². The van der Waals surface area contributed by atoms with Crippen LogP contribution in [0.3, 0.4) is 0 Å². The van der Waals surface area contributed by atoms with Gasteiger partial charge in [-0.25, -0.2) is 0 Å². The molecule has 0 aliphatic carbocycles. The van der Waals surface area contributed by atoms with Crippen molar-refractivity contribution in [2.75, 3.05) is 26.0 Å². The molecule has 1 amide bonds. The number of hydrogen-bond donors (Lipinski definition) is 2. The lowest BCUT2D eigenvalue weighted by molar-refractivity contribution is 0.0228. The lowest BCUT2D eigenvalue weighted by atomic mass is 10.1. The molecule has 94 valence electrons. The Morgan fingerprint density at radius 2 is 2.24 bits per heavy atom. The van der Waals surface area contributed by atoms with Crippen molar-refractivity contribution in [3.05, 3.63) is 24.0 Å². The van der Waals surface area contributed by atoms with Gasteiger partial charge in [0.2, 0.25) is 0 Å². The fraction of sp³-hybridized carbons (Fsp3) is 0.500. The molecule has 5 nitrogen and oxygen atoms in total. The molecule has 0 aromatic carbocycles. The molecule has 0 aliphatic rings. The predicted molar refractivity (Wildman–Crippen MR) is 67.2 cm³/mol. The molecule has 1 aromatic heterocycles. The lowest BCUT2D eigenvalue weighted by Crippen LogP contribution is -2.39. The first-order chi connectivity index (χ1) is 7.98. The van der Waals surface area contributed by atoms with Crippen LogP contribution in [0.4, 0.5) is 5.69 Å². The first-order valence-electron chi connectivity index (χ1n) is 5.45. The van der Waals surface area contributed by atoms with Gasteiger partial charge in [0.25, 0.3) is 5.91 Å². The maximum Gasteiger partial charge on any atom is 0.270 e. The van der Waals surface area contributed by atoms with Crippen LogP contribution in [0, 0.1) is 0 Å². The van der Waals surface area contributed by atoms with E-state index in [1.807, 2.05) is 13.8 Å². The van der Waals surface area contributed by atoms with Crippen molar-refractivity contribution in [2.45, 2.75) is 19.4 Å². The van der Waals surface area contributed by atoms with Crippen molar-refractivity contribution in [1.29, 1.82) is 0 Å². The van der Waals surface area contributed by atoms with Gasteiger partial charge < -0.3 is 15.4 Å². The number of carbonyl (C=O) groups excluding carboxylic acids is 1. The highest BCUT2D eigenvalue weighted by Gasteiger charge is 2.18. The number of aromatic nitrogens is 1. The number of rotatable bonds is 5. The van der Waals surface area contributed by atoms with Gasteiger partial charge in [-0.2, -0.15) is 0 Å². The Balaban J connectivity index is 2.64. The van der Waals surface area contributed by atoms with Gasteiger partial charge in [0.15, 0.2) is 0 Å². The maximum absolute atomic E-state index is 11.8. The smallest absolute Gasteiger partial charge is 0.270 e. The highest BCUT2D eigenvalue weighted by atomic mass is 16.5. The topological polar surface area (TPSA) is 63.2 Å². The minimum atomic E-state index is -0.379. The summed E-state index contributed by atoms with van der Waals surface area (Å²) in [4.78, 5) is 15.8. The minimum Gasteiger partial charge on any atom is -0.388 e. The quantitative estimate of drug-likeness (QED) is 0.809. The molecule has 1 heterocycles. The van der Waals surface area contributed by atoms with Crippen LogP contribution in [0.1, 0.15) is 24.3 Å². The summed E-state index contributed by atoms with van der Waals surface area (Å²) in [6.07, 6.45) is 1.60. The zero-order chi connectivity index (χ0) is 12.9. The molecule has 0 unspecified atom stereocenters. The van der Waals surface area contributed by atoms with E-state index in [1.54, 1.807) is 32.5 Å². The highest BCUT2D eigenvalue weighted by molar-refractivity contribution is 5.93. The minimum absolute atomic E-state index is 0.202. The van der Waals surface area contributed by atoms with Crippen LogP contribution < -0.4 is 10.6 Å². The third-order valence-electron chi connectivity index (χ3n) is 2.51. The molecule has 0 spiro atoms. The standard InChI is InChI=1S/C12H19N3O2/c1-12(2,17-4)8-15-11(16)10-7-9(13-3)5-6-14-10/h5-7H,8H2,1-4H3,(H,13,14)(H,15,16). The summed E-state index contributed by atoms with van der Waals surface area (Å²) in [5.41, 5.74) is 0.871. The van der Waals surface area contributed by atoms with E-state index in [1.165, 1.54) is 0 Å². The summed E-state index contributed by atoms with van der Waals surface area (Å²) < 4.78 is 5.22. The molecule has 5 heteroatoms. The van der Waals surface area contributed by atoms with Gasteiger partial charge in [-0.05, 0) is 26.0 Å². The predicted octanol–water partition coefficient (Wildman–Crippen LogP) is 1.28. The second kappa shape index (κ2) is 5.63. The number of carbonyl (C=O) groups is 1. The van der Waals surface area contributed by atoms with Crippen molar-refractivity contribution in [3.63, 3.8) is 0 Å². The summed E-state index contributed by atoms with van der Waals surface area (Å²) in [7, 11) is 3.41. The molecule has 0 radical (unpaired) electrons. The van der Waals surface area contributed by atoms with E-state index in [9.17, 15) is 4.79 Å². The van der Waals surface area contributed by atoms with Gasteiger partial charge in [0.05, 0.1) is 5.60 Å². The molecular formula is C12H19N3O2. The van der Waals surface area contributed by atoms with E-state index in [0.717, 1.165) is 5.69 Å². The summed E-state index contributed by atoms with van der Waals surface area (Å²) in [6.45, 7) is 4.25. The van der Waals surface area contributed by atoms with E-state index in [-0.39, 0.29) is 11.5 Å². The molecule has 1 rings (SSSR count). The average molecular weight is 237 g/mol. The molecule has 0 atom stereocenters. The SMILES string of the molecule is CNc1ccnc(C(=O)NCC(C)(C)OC)c1. The second-order valence-corrected chi connectivity index (χ2v) is 4.33. The van der Waals surface area contributed by atoms with Crippen molar-refractivity contribution < 1.29 is 9.53 Å². The number of hydrogen-bond acceptors (Lipinski definition) is 4. The number of ether oxygens (including phenoxy) is 1. The molecule has 0 fully saturated rings. The van der Waals surface area contributed by atoms with E-state index in [4.69, 9.17) is 4.74 Å². The lowest BCUT2D eigenvalue weighted by Gasteiger charge is -2.22. The average Bonchev–Trinajstić information content (AvgIpc) is 2.36. The van der Waals surface area contributed by atoms with E-state index in [0.29, 0.717) is 12.2 Å². The third-order valence-corrected chi connectivity index (χ3v) is 2.51. The number of nitrogens with zero attached hydrogens (tertiary/aromatic N) is 1. The van der Waals surface area contributed by atoms with Crippen LogP contribution in [-0.2, 0) is 4.74 Å². The Labute approximate surface area is 102 Å². The Morgan fingerprint density at radius 3 is 2.82 bits per heavy atom. The van der Waals surface area contributed by atoms with Crippen LogP contribution >= 0.6 is 0 Å². The van der Waals surface area contributed by atoms with E-state index in [2.05, 4.69) is 15.6 Å². The third kappa shape index (κ3) is 4.03. The number of nitrogens with one attached hydrogen (secondary N) is 2.